The van der Waals surface area contributed by atoms with Crippen LogP contribution in [0.2, 0.25) is 0 Å². The number of hydrogen-bond donors (Lipinski definition) is 1. The first-order chi connectivity index (χ1) is 11.3. The van der Waals surface area contributed by atoms with Gasteiger partial charge in [-0.1, -0.05) is 25.1 Å². The van der Waals surface area contributed by atoms with Crippen molar-refractivity contribution in [2.24, 2.45) is 0 Å². The monoisotopic (exact) mass is 346 g/mol. The number of nitrogens with zero attached hydrogens (tertiary/aromatic N) is 1. The average molecular weight is 346 g/mol. The van der Waals surface area contributed by atoms with Gasteiger partial charge in [-0.15, -0.1) is 0 Å². The molecule has 0 aliphatic rings. The van der Waals surface area contributed by atoms with Gasteiger partial charge in [-0.3, -0.25) is 9.78 Å². The Kier molecular flexibility index (Phi) is 5.72. The van der Waals surface area contributed by atoms with Gasteiger partial charge in [-0.05, 0) is 42.7 Å². The van der Waals surface area contributed by atoms with Crippen LogP contribution in [-0.2, 0) is 21.1 Å². The predicted octanol–water partition coefficient (Wildman–Crippen LogP) is 2.60. The highest BCUT2D eigenvalue weighted by molar-refractivity contribution is 7.90. The number of pyridine rings is 1. The fraction of sp³-hybridized carbons (Fsp3) is 0.333. The van der Waals surface area contributed by atoms with Crippen molar-refractivity contribution in [2.45, 2.75) is 37.6 Å². The van der Waals surface area contributed by atoms with Crippen molar-refractivity contribution in [1.82, 2.24) is 10.3 Å². The molecule has 1 aromatic carbocycles. The number of nitrogens with one attached hydrogen (secondary N) is 1. The zero-order valence-corrected chi connectivity index (χ0v) is 14.9. The standard InChI is InChI=1S/C18H22N2O3S/c1-4-16(17-10-5-13(2)12-19-17)20-18(21)11-14-6-8-15(9-7-14)24(3,22)23/h5-10,12,16H,4,11H2,1-3H3,(H,20,21)/t16-/m1/s1. The second kappa shape index (κ2) is 7.57. The minimum Gasteiger partial charge on any atom is -0.347 e. The van der Waals surface area contributed by atoms with Crippen molar-refractivity contribution in [3.63, 3.8) is 0 Å². The minimum absolute atomic E-state index is 0.115. The molecule has 128 valence electrons. The molecule has 0 fully saturated rings. The van der Waals surface area contributed by atoms with Gasteiger partial charge in [0.1, 0.15) is 0 Å². The van der Waals surface area contributed by atoms with Crippen LogP contribution in [-0.4, -0.2) is 25.6 Å². The minimum atomic E-state index is -3.22. The molecular weight excluding hydrogens is 324 g/mol. The maximum atomic E-state index is 12.2. The van der Waals surface area contributed by atoms with Crippen molar-refractivity contribution in [3.05, 3.63) is 59.4 Å². The molecule has 2 aromatic rings. The van der Waals surface area contributed by atoms with Gasteiger partial charge in [0.2, 0.25) is 5.91 Å². The van der Waals surface area contributed by atoms with Gasteiger partial charge >= 0.3 is 0 Å². The maximum Gasteiger partial charge on any atom is 0.224 e. The number of amides is 1. The fourth-order valence-corrected chi connectivity index (χ4v) is 2.99. The van der Waals surface area contributed by atoms with E-state index >= 15 is 0 Å². The average Bonchev–Trinajstić information content (AvgIpc) is 2.53. The molecule has 0 bridgehead atoms. The van der Waals surface area contributed by atoms with E-state index in [9.17, 15) is 13.2 Å². The lowest BCUT2D eigenvalue weighted by molar-refractivity contribution is -0.121. The SMILES string of the molecule is CC[C@@H](NC(=O)Cc1ccc(S(C)(=O)=O)cc1)c1ccc(C)cn1. The van der Waals surface area contributed by atoms with Gasteiger partial charge in [-0.25, -0.2) is 8.42 Å². The Balaban J connectivity index is 2.02. The van der Waals surface area contributed by atoms with Gasteiger partial charge in [0.05, 0.1) is 23.1 Å². The number of sulfone groups is 1. The van der Waals surface area contributed by atoms with Gasteiger partial charge in [0, 0.05) is 12.5 Å². The van der Waals surface area contributed by atoms with E-state index in [-0.39, 0.29) is 23.3 Å². The summed E-state index contributed by atoms with van der Waals surface area (Å²) in [7, 11) is -3.22. The lowest BCUT2D eigenvalue weighted by Crippen LogP contribution is -2.30. The Morgan fingerprint density at radius 2 is 1.83 bits per heavy atom. The van der Waals surface area contributed by atoms with Crippen molar-refractivity contribution >= 4 is 15.7 Å². The Labute approximate surface area is 143 Å². The third-order valence-electron chi connectivity index (χ3n) is 3.75. The molecule has 0 saturated carbocycles. The second-order valence-corrected chi connectivity index (χ2v) is 7.90. The number of carbonyl (C=O) groups is 1. The number of carbonyl (C=O) groups excluding carboxylic acids is 1. The molecule has 1 heterocycles. The number of hydrogen-bond acceptors (Lipinski definition) is 4. The summed E-state index contributed by atoms with van der Waals surface area (Å²) in [6.45, 7) is 3.96. The summed E-state index contributed by atoms with van der Waals surface area (Å²) in [6.07, 6.45) is 3.89. The number of aromatic nitrogens is 1. The fourth-order valence-electron chi connectivity index (χ4n) is 2.36. The van der Waals surface area contributed by atoms with E-state index in [1.54, 1.807) is 18.3 Å². The lowest BCUT2D eigenvalue weighted by Gasteiger charge is -2.16. The molecule has 2 rings (SSSR count). The van der Waals surface area contributed by atoms with Crippen LogP contribution >= 0.6 is 0 Å². The molecule has 0 spiro atoms. The van der Waals surface area contributed by atoms with Crippen molar-refractivity contribution in [2.75, 3.05) is 6.26 Å². The molecule has 1 N–H and O–H groups in total. The molecule has 1 amide bonds. The van der Waals surface area contributed by atoms with E-state index in [4.69, 9.17) is 0 Å². The summed E-state index contributed by atoms with van der Waals surface area (Å²) in [4.78, 5) is 16.9. The van der Waals surface area contributed by atoms with Gasteiger partial charge in [0.15, 0.2) is 9.84 Å². The lowest BCUT2D eigenvalue weighted by atomic mass is 10.1. The Morgan fingerprint density at radius 3 is 2.33 bits per heavy atom. The number of rotatable bonds is 6. The van der Waals surface area contributed by atoms with Crippen molar-refractivity contribution in [3.8, 4) is 0 Å². The van der Waals surface area contributed by atoms with E-state index in [1.807, 2.05) is 26.0 Å². The van der Waals surface area contributed by atoms with Gasteiger partial charge in [-0.2, -0.15) is 0 Å². The highest BCUT2D eigenvalue weighted by atomic mass is 32.2. The molecule has 1 aromatic heterocycles. The molecular formula is C18H22N2O3S. The molecule has 1 atom stereocenters. The highest BCUT2D eigenvalue weighted by Gasteiger charge is 2.14. The summed E-state index contributed by atoms with van der Waals surface area (Å²) in [6, 6.07) is 10.1. The van der Waals surface area contributed by atoms with E-state index in [2.05, 4.69) is 10.3 Å². The smallest absolute Gasteiger partial charge is 0.224 e. The van der Waals surface area contributed by atoms with Crippen LogP contribution in [0.3, 0.4) is 0 Å². The van der Waals surface area contributed by atoms with E-state index < -0.39 is 9.84 Å². The third kappa shape index (κ3) is 4.89. The number of benzene rings is 1. The topological polar surface area (TPSA) is 76.1 Å². The molecule has 0 aliphatic heterocycles. The largest absolute Gasteiger partial charge is 0.347 e. The zero-order chi connectivity index (χ0) is 17.7. The molecule has 0 saturated heterocycles. The molecule has 5 nitrogen and oxygen atoms in total. The first kappa shape index (κ1) is 18.1. The third-order valence-corrected chi connectivity index (χ3v) is 4.88. The van der Waals surface area contributed by atoms with E-state index in [0.29, 0.717) is 0 Å². The van der Waals surface area contributed by atoms with Crippen LogP contribution in [0.1, 0.15) is 36.2 Å². The normalized spacial score (nSPS) is 12.6. The van der Waals surface area contributed by atoms with Crippen LogP contribution in [0.15, 0.2) is 47.5 Å². The molecule has 0 aliphatic carbocycles. The van der Waals surface area contributed by atoms with Crippen LogP contribution in [0.5, 0.6) is 0 Å². The zero-order valence-electron chi connectivity index (χ0n) is 14.1. The van der Waals surface area contributed by atoms with Crippen molar-refractivity contribution in [1.29, 1.82) is 0 Å². The van der Waals surface area contributed by atoms with Crippen LogP contribution in [0.25, 0.3) is 0 Å². The predicted molar refractivity (Wildman–Crippen MR) is 93.4 cm³/mol. The van der Waals surface area contributed by atoms with Crippen LogP contribution < -0.4 is 5.32 Å². The summed E-state index contributed by atoms with van der Waals surface area (Å²) in [5.74, 6) is -0.115. The molecule has 0 unspecified atom stereocenters. The highest BCUT2D eigenvalue weighted by Crippen LogP contribution is 2.15. The Bertz CT molecular complexity index is 797. The number of aryl methyl sites for hydroxylation is 1. The van der Waals surface area contributed by atoms with E-state index in [0.717, 1.165) is 29.5 Å². The molecule has 6 heteroatoms. The summed E-state index contributed by atoms with van der Waals surface area (Å²) >= 11 is 0. The summed E-state index contributed by atoms with van der Waals surface area (Å²) < 4.78 is 22.9. The quantitative estimate of drug-likeness (QED) is 0.872. The molecule has 0 radical (unpaired) electrons. The second-order valence-electron chi connectivity index (χ2n) is 5.88. The molecule has 24 heavy (non-hydrogen) atoms. The summed E-state index contributed by atoms with van der Waals surface area (Å²) in [5.41, 5.74) is 2.68. The Morgan fingerprint density at radius 1 is 1.17 bits per heavy atom. The van der Waals surface area contributed by atoms with Crippen LogP contribution in [0.4, 0.5) is 0 Å². The summed E-state index contributed by atoms with van der Waals surface area (Å²) in [5, 5.41) is 2.98. The van der Waals surface area contributed by atoms with Crippen molar-refractivity contribution < 1.29 is 13.2 Å². The van der Waals surface area contributed by atoms with Gasteiger partial charge < -0.3 is 5.32 Å². The first-order valence-electron chi connectivity index (χ1n) is 7.80. The van der Waals surface area contributed by atoms with Gasteiger partial charge in [0.25, 0.3) is 0 Å². The van der Waals surface area contributed by atoms with E-state index in [1.165, 1.54) is 12.1 Å². The first-order valence-corrected chi connectivity index (χ1v) is 9.69. The Hall–Kier alpha value is -2.21. The maximum absolute atomic E-state index is 12.2. The van der Waals surface area contributed by atoms with Crippen LogP contribution in [0, 0.1) is 6.92 Å².